The summed E-state index contributed by atoms with van der Waals surface area (Å²) in [6, 6.07) is 0. The van der Waals surface area contributed by atoms with Gasteiger partial charge in [0.05, 0.1) is 6.67 Å². The van der Waals surface area contributed by atoms with E-state index in [1.165, 1.54) is 205 Å². The van der Waals surface area contributed by atoms with Crippen LogP contribution in [-0.2, 0) is 0 Å². The van der Waals surface area contributed by atoms with Crippen molar-refractivity contribution in [2.75, 3.05) is 6.67 Å². The number of hydrogen-bond donors (Lipinski definition) is 0. The average molecular weight is 659 g/mol. The van der Waals surface area contributed by atoms with E-state index >= 15 is 0 Å². The van der Waals surface area contributed by atoms with Gasteiger partial charge in [0.2, 0.25) is 0 Å². The Balaban J connectivity index is 1.61. The maximum absolute atomic E-state index is 12.5. The van der Waals surface area contributed by atoms with Gasteiger partial charge in [-0.2, -0.15) is 0 Å². The summed E-state index contributed by atoms with van der Waals surface area (Å²) in [5, 5.41) is 0. The van der Waals surface area contributed by atoms with Gasteiger partial charge in [0.1, 0.15) is 0 Å². The highest BCUT2D eigenvalue weighted by Gasteiger charge is 2.26. The summed E-state index contributed by atoms with van der Waals surface area (Å²) in [4.78, 5) is 0. The summed E-state index contributed by atoms with van der Waals surface area (Å²) in [6.45, 7) is 7.19. The fourth-order valence-corrected chi connectivity index (χ4v) is 9.58. The lowest BCUT2D eigenvalue weighted by atomic mass is 9.78. The molecule has 0 heterocycles. The van der Waals surface area contributed by atoms with Crippen LogP contribution >= 0.6 is 0 Å². The van der Waals surface area contributed by atoms with Crippen molar-refractivity contribution in [3.8, 4) is 0 Å². The first-order valence-corrected chi connectivity index (χ1v) is 22.3. The van der Waals surface area contributed by atoms with Crippen molar-refractivity contribution in [2.45, 2.75) is 239 Å². The molecular weight excluding hydrogens is 572 g/mol. The first-order valence-electron chi connectivity index (χ1n) is 22.3. The minimum Gasteiger partial charge on any atom is -0.251 e. The first kappa shape index (κ1) is 42.8. The van der Waals surface area contributed by atoms with Crippen LogP contribution in [0.5, 0.6) is 0 Å². The van der Waals surface area contributed by atoms with Crippen LogP contribution in [0.15, 0.2) is 12.2 Å². The number of unbranched alkanes of at least 4 members (excludes halogenated alkanes) is 13. The molecule has 0 aromatic rings. The van der Waals surface area contributed by atoms with Gasteiger partial charge < -0.3 is 0 Å². The molecule has 0 aromatic carbocycles. The molecule has 0 N–H and O–H groups in total. The third-order valence-corrected chi connectivity index (χ3v) is 12.8. The standard InChI is InChI=1S/C46H87F/c1-4-5-6-7-11-20-34-45-38-27-39-46(45)37-26-31-42(3)28-17-10-8-12-21-32-43-35-23-15-18-29-41(2)30-19-16-24-36-44(43)33-22-13-9-14-25-40-47/h16,19,41-46H,4-15,17-18,20-40H2,1-3H3/b19-16-/t41-,42+,43?,44?,45+,46?/m1/s1. The van der Waals surface area contributed by atoms with Crippen LogP contribution < -0.4 is 0 Å². The Labute approximate surface area is 297 Å². The number of alkyl halides is 1. The van der Waals surface area contributed by atoms with E-state index in [-0.39, 0.29) is 6.67 Å². The van der Waals surface area contributed by atoms with Crippen LogP contribution in [0.4, 0.5) is 4.39 Å². The van der Waals surface area contributed by atoms with Crippen molar-refractivity contribution < 1.29 is 4.39 Å². The monoisotopic (exact) mass is 659 g/mol. The van der Waals surface area contributed by atoms with Crippen LogP contribution in [0.25, 0.3) is 0 Å². The molecule has 0 nitrogen and oxygen atoms in total. The van der Waals surface area contributed by atoms with Crippen molar-refractivity contribution in [1.82, 2.24) is 0 Å². The Morgan fingerprint density at radius 3 is 1.64 bits per heavy atom. The number of rotatable bonds is 26. The van der Waals surface area contributed by atoms with Crippen molar-refractivity contribution >= 4 is 0 Å². The fourth-order valence-electron chi connectivity index (χ4n) is 9.58. The van der Waals surface area contributed by atoms with E-state index in [1.54, 1.807) is 0 Å². The summed E-state index contributed by atoms with van der Waals surface area (Å²) < 4.78 is 12.5. The summed E-state index contributed by atoms with van der Waals surface area (Å²) in [7, 11) is 0. The maximum Gasteiger partial charge on any atom is 0.0894 e. The molecule has 0 aliphatic heterocycles. The summed E-state index contributed by atoms with van der Waals surface area (Å²) in [5.74, 6) is 5.78. The summed E-state index contributed by atoms with van der Waals surface area (Å²) >= 11 is 0. The Morgan fingerprint density at radius 1 is 0.511 bits per heavy atom. The molecule has 2 rings (SSSR count). The van der Waals surface area contributed by atoms with Crippen molar-refractivity contribution in [3.05, 3.63) is 12.2 Å². The van der Waals surface area contributed by atoms with Gasteiger partial charge in [-0.15, -0.1) is 0 Å². The van der Waals surface area contributed by atoms with Crippen LogP contribution in [-0.4, -0.2) is 6.67 Å². The molecule has 1 saturated carbocycles. The van der Waals surface area contributed by atoms with E-state index in [4.69, 9.17) is 0 Å². The van der Waals surface area contributed by atoms with Gasteiger partial charge in [-0.05, 0) is 61.2 Å². The predicted octanol–water partition coefficient (Wildman–Crippen LogP) is 16.6. The minimum atomic E-state index is -0.130. The molecular formula is C46H87F. The van der Waals surface area contributed by atoms with Gasteiger partial charge >= 0.3 is 0 Å². The molecule has 0 aromatic heterocycles. The fraction of sp³-hybridized carbons (Fsp3) is 0.957. The molecule has 1 fully saturated rings. The highest BCUT2D eigenvalue weighted by atomic mass is 19.1. The van der Waals surface area contributed by atoms with E-state index < -0.39 is 0 Å². The van der Waals surface area contributed by atoms with E-state index in [0.717, 1.165) is 48.3 Å². The lowest BCUT2D eigenvalue weighted by Crippen LogP contribution is -2.16. The molecule has 47 heavy (non-hydrogen) atoms. The summed E-state index contributed by atoms with van der Waals surface area (Å²) in [6.07, 6.45) is 53.0. The molecule has 2 aliphatic rings. The molecule has 0 spiro atoms. The quantitative estimate of drug-likeness (QED) is 0.0641. The van der Waals surface area contributed by atoms with Gasteiger partial charge in [-0.1, -0.05) is 226 Å². The zero-order chi connectivity index (χ0) is 33.6. The largest absolute Gasteiger partial charge is 0.251 e. The zero-order valence-electron chi connectivity index (χ0n) is 32.7. The molecule has 0 radical (unpaired) electrons. The van der Waals surface area contributed by atoms with Gasteiger partial charge in [0, 0.05) is 0 Å². The third-order valence-electron chi connectivity index (χ3n) is 12.8. The van der Waals surface area contributed by atoms with Crippen LogP contribution in [0.2, 0.25) is 0 Å². The highest BCUT2D eigenvalue weighted by Crippen LogP contribution is 2.39. The molecule has 2 aliphatic carbocycles. The Bertz CT molecular complexity index is 683. The Kier molecular flexibility index (Phi) is 27.8. The van der Waals surface area contributed by atoms with Crippen LogP contribution in [0.1, 0.15) is 239 Å². The second kappa shape index (κ2) is 30.5. The molecule has 0 saturated heterocycles. The van der Waals surface area contributed by atoms with Gasteiger partial charge in [0.15, 0.2) is 0 Å². The molecule has 6 atom stereocenters. The minimum absolute atomic E-state index is 0.130. The first-order chi connectivity index (χ1) is 23.1. The maximum atomic E-state index is 12.5. The van der Waals surface area contributed by atoms with Crippen molar-refractivity contribution in [2.24, 2.45) is 35.5 Å². The van der Waals surface area contributed by atoms with Crippen LogP contribution in [0.3, 0.4) is 0 Å². The van der Waals surface area contributed by atoms with Crippen LogP contribution in [0, 0.1) is 35.5 Å². The zero-order valence-corrected chi connectivity index (χ0v) is 32.7. The normalized spacial score (nSPS) is 26.0. The molecule has 0 amide bonds. The van der Waals surface area contributed by atoms with Crippen molar-refractivity contribution in [3.63, 3.8) is 0 Å². The average Bonchev–Trinajstić information content (AvgIpc) is 3.52. The molecule has 1 heteroatoms. The SMILES string of the molecule is CCCCCCCC[C@H]1CCCC1CCC[C@@H](C)CCCCCCCC1CCCCC[C@@H](C)C/C=C\CCC1CCCCCCCF. The molecule has 278 valence electrons. The Hall–Kier alpha value is -0.330. The second-order valence-electron chi connectivity index (χ2n) is 17.2. The lowest BCUT2D eigenvalue weighted by molar-refractivity contribution is 0.243. The van der Waals surface area contributed by atoms with Gasteiger partial charge in [-0.3, -0.25) is 4.39 Å². The smallest absolute Gasteiger partial charge is 0.0894 e. The van der Waals surface area contributed by atoms with Gasteiger partial charge in [-0.25, -0.2) is 0 Å². The highest BCUT2D eigenvalue weighted by molar-refractivity contribution is 4.85. The second-order valence-corrected chi connectivity index (χ2v) is 17.2. The number of hydrogen-bond acceptors (Lipinski definition) is 0. The lowest BCUT2D eigenvalue weighted by Gasteiger charge is -2.28. The summed E-state index contributed by atoms with van der Waals surface area (Å²) in [5.41, 5.74) is 0. The van der Waals surface area contributed by atoms with E-state index in [1.807, 2.05) is 0 Å². The number of allylic oxidation sites excluding steroid dienone is 2. The van der Waals surface area contributed by atoms with E-state index in [0.29, 0.717) is 0 Å². The van der Waals surface area contributed by atoms with E-state index in [2.05, 4.69) is 32.9 Å². The van der Waals surface area contributed by atoms with Crippen molar-refractivity contribution in [1.29, 1.82) is 0 Å². The topological polar surface area (TPSA) is 0 Å². The van der Waals surface area contributed by atoms with E-state index in [9.17, 15) is 4.39 Å². The molecule has 3 unspecified atom stereocenters. The Morgan fingerprint density at radius 2 is 1.00 bits per heavy atom. The van der Waals surface area contributed by atoms with Gasteiger partial charge in [0.25, 0.3) is 0 Å². The third kappa shape index (κ3) is 22.9. The number of halogens is 1. The molecule has 0 bridgehead atoms. The predicted molar refractivity (Wildman–Crippen MR) is 210 cm³/mol.